The summed E-state index contributed by atoms with van der Waals surface area (Å²) in [5.74, 6) is 0. The summed E-state index contributed by atoms with van der Waals surface area (Å²) < 4.78 is 2.73. The van der Waals surface area contributed by atoms with Crippen LogP contribution < -0.4 is 0 Å². The Morgan fingerprint density at radius 3 is 1.58 bits per heavy atom. The van der Waals surface area contributed by atoms with Crippen molar-refractivity contribution in [2.45, 2.75) is 13.2 Å². The van der Waals surface area contributed by atoms with Gasteiger partial charge in [-0.1, -0.05) is 0 Å². The molecule has 3 rings (SSSR count). The fourth-order valence-electron chi connectivity index (χ4n) is 1.79. The van der Waals surface area contributed by atoms with Crippen LogP contribution in [-0.4, -0.2) is 24.7 Å². The number of aliphatic hydroxyl groups excluding tert-OH is 2. The van der Waals surface area contributed by atoms with Crippen molar-refractivity contribution in [3.8, 4) is 18.6 Å². The quantitative estimate of drug-likeness (QED) is 0.706. The Morgan fingerprint density at radius 2 is 1.21 bits per heavy atom. The average Bonchev–Trinajstić information content (AvgIpc) is 3.16. The van der Waals surface area contributed by atoms with Gasteiger partial charge in [-0.2, -0.15) is 0 Å². The molecule has 0 amide bonds. The number of aliphatic hydroxyl groups is 2. The van der Waals surface area contributed by atoms with Crippen LogP contribution in [0.3, 0.4) is 0 Å². The molecule has 3 heterocycles. The summed E-state index contributed by atoms with van der Waals surface area (Å²) in [6, 6.07) is 12.5. The van der Waals surface area contributed by atoms with E-state index in [0.29, 0.717) is 14.5 Å². The molecule has 0 fully saturated rings. The molecule has 3 aromatic heterocycles. The van der Waals surface area contributed by atoms with Gasteiger partial charge in [-0.05, 0) is 0 Å². The maximum absolute atomic E-state index is 9.11. The normalized spacial score (nSPS) is 11.1. The second-order valence-electron chi connectivity index (χ2n) is 4.01. The Labute approximate surface area is 125 Å². The molecule has 0 bridgehead atoms. The van der Waals surface area contributed by atoms with Gasteiger partial charge in [-0.3, -0.25) is 0 Å². The molecule has 0 saturated heterocycles. The Kier molecular flexibility index (Phi) is 4.03. The minimum absolute atomic E-state index is 0.121. The van der Waals surface area contributed by atoms with Crippen molar-refractivity contribution in [3.63, 3.8) is 0 Å². The van der Waals surface area contributed by atoms with Gasteiger partial charge in [0.05, 0.1) is 0 Å². The van der Waals surface area contributed by atoms with Crippen LogP contribution in [0.25, 0.3) is 18.6 Å². The SMILES string of the molecule is OCc1ccc(-c2ccc(-c3ccc(CO)s3)[se]2)s1. The fraction of sp³-hybridized carbons (Fsp3) is 0.143. The molecule has 0 saturated carbocycles. The van der Waals surface area contributed by atoms with Gasteiger partial charge in [-0.25, -0.2) is 0 Å². The standard InChI is InChI=1S/C14H12O2S2Se/c15-7-9-1-3-11(17-9)13-5-6-14(19-13)12-4-2-10(8-16)18-12/h1-6,15-16H,7-8H2. The molecule has 0 radical (unpaired) electrons. The Morgan fingerprint density at radius 1 is 0.737 bits per heavy atom. The van der Waals surface area contributed by atoms with Crippen LogP contribution in [0.5, 0.6) is 0 Å². The third-order valence-corrected chi connectivity index (χ3v) is 7.93. The van der Waals surface area contributed by atoms with E-state index in [-0.39, 0.29) is 13.2 Å². The molecule has 98 valence electrons. The molecule has 3 aromatic rings. The van der Waals surface area contributed by atoms with E-state index in [4.69, 9.17) is 10.2 Å². The average molecular weight is 355 g/mol. The summed E-state index contributed by atoms with van der Waals surface area (Å²) in [4.78, 5) is 4.54. The van der Waals surface area contributed by atoms with Crippen molar-refractivity contribution in [1.82, 2.24) is 0 Å². The minimum atomic E-state index is 0.121. The second-order valence-corrected chi connectivity index (χ2v) is 8.62. The fourth-order valence-corrected chi connectivity index (χ4v) is 6.10. The van der Waals surface area contributed by atoms with Crippen LogP contribution in [0.1, 0.15) is 9.75 Å². The number of thiophene rings is 2. The number of rotatable bonds is 4. The Hall–Kier alpha value is -0.681. The monoisotopic (exact) mass is 356 g/mol. The van der Waals surface area contributed by atoms with E-state index in [0.717, 1.165) is 9.75 Å². The molecule has 2 N–H and O–H groups in total. The zero-order valence-corrected chi connectivity index (χ0v) is 13.3. The van der Waals surface area contributed by atoms with Gasteiger partial charge in [-0.15, -0.1) is 0 Å². The van der Waals surface area contributed by atoms with Crippen LogP contribution in [0.2, 0.25) is 0 Å². The van der Waals surface area contributed by atoms with Gasteiger partial charge in [0.2, 0.25) is 0 Å². The van der Waals surface area contributed by atoms with Crippen molar-refractivity contribution < 1.29 is 10.2 Å². The Bertz CT molecular complexity index is 624. The van der Waals surface area contributed by atoms with E-state index in [2.05, 4.69) is 24.3 Å². The predicted molar refractivity (Wildman–Crippen MR) is 81.9 cm³/mol. The Balaban J connectivity index is 1.90. The summed E-state index contributed by atoms with van der Waals surface area (Å²) in [5.41, 5.74) is 0. The topological polar surface area (TPSA) is 40.5 Å². The molecule has 2 nitrogen and oxygen atoms in total. The van der Waals surface area contributed by atoms with Gasteiger partial charge in [0.25, 0.3) is 0 Å². The number of hydrogen-bond donors (Lipinski definition) is 2. The first-order valence-corrected chi connectivity index (χ1v) is 9.14. The summed E-state index contributed by atoms with van der Waals surface area (Å²) in [7, 11) is 0. The first-order valence-electron chi connectivity index (χ1n) is 5.80. The summed E-state index contributed by atoms with van der Waals surface area (Å²) >= 11 is 3.64. The molecule has 0 aliphatic rings. The van der Waals surface area contributed by atoms with Gasteiger partial charge in [0.15, 0.2) is 0 Å². The van der Waals surface area contributed by atoms with Gasteiger partial charge in [0.1, 0.15) is 0 Å². The van der Waals surface area contributed by atoms with Crippen LogP contribution in [0.4, 0.5) is 0 Å². The molecule has 0 aliphatic carbocycles. The van der Waals surface area contributed by atoms with E-state index >= 15 is 0 Å². The molecule has 0 unspecified atom stereocenters. The molecular formula is C14H12O2S2Se. The van der Waals surface area contributed by atoms with Gasteiger partial charge < -0.3 is 0 Å². The van der Waals surface area contributed by atoms with Crippen molar-refractivity contribution in [2.75, 3.05) is 0 Å². The molecule has 5 heteroatoms. The van der Waals surface area contributed by atoms with Crippen molar-refractivity contribution in [3.05, 3.63) is 46.2 Å². The first kappa shape index (κ1) is 13.3. The first-order chi connectivity index (χ1) is 9.30. The van der Waals surface area contributed by atoms with Crippen LogP contribution in [0.15, 0.2) is 36.4 Å². The third kappa shape index (κ3) is 2.77. The summed E-state index contributed by atoms with van der Waals surface area (Å²) in [6.07, 6.45) is 0. The van der Waals surface area contributed by atoms with E-state index in [1.54, 1.807) is 22.7 Å². The summed E-state index contributed by atoms with van der Waals surface area (Å²) in [6.45, 7) is 0.242. The van der Waals surface area contributed by atoms with E-state index in [1.807, 2.05) is 12.1 Å². The summed E-state index contributed by atoms with van der Waals surface area (Å²) in [5, 5.41) is 18.2. The van der Waals surface area contributed by atoms with Gasteiger partial charge >= 0.3 is 125 Å². The van der Waals surface area contributed by atoms with Crippen molar-refractivity contribution in [1.29, 1.82) is 0 Å². The van der Waals surface area contributed by atoms with E-state index in [9.17, 15) is 0 Å². The number of hydrogen-bond acceptors (Lipinski definition) is 4. The molecular weight excluding hydrogens is 343 g/mol. The zero-order valence-electron chi connectivity index (χ0n) is 10.00. The van der Waals surface area contributed by atoms with E-state index < -0.39 is 0 Å². The molecule has 0 aromatic carbocycles. The van der Waals surface area contributed by atoms with Crippen LogP contribution in [0, 0.1) is 0 Å². The predicted octanol–water partition coefficient (Wildman–Crippen LogP) is 3.19. The van der Waals surface area contributed by atoms with Crippen molar-refractivity contribution in [2.24, 2.45) is 0 Å². The van der Waals surface area contributed by atoms with Crippen LogP contribution >= 0.6 is 22.7 Å². The van der Waals surface area contributed by atoms with Crippen molar-refractivity contribution >= 4 is 37.2 Å². The second kappa shape index (κ2) is 5.75. The van der Waals surface area contributed by atoms with E-state index in [1.165, 1.54) is 18.6 Å². The van der Waals surface area contributed by atoms with Gasteiger partial charge in [0, 0.05) is 0 Å². The molecule has 0 aliphatic heterocycles. The molecule has 19 heavy (non-hydrogen) atoms. The molecule has 0 spiro atoms. The maximum atomic E-state index is 9.11. The molecule has 0 atom stereocenters. The zero-order chi connectivity index (χ0) is 13.2. The van der Waals surface area contributed by atoms with Crippen LogP contribution in [-0.2, 0) is 13.2 Å². The third-order valence-electron chi connectivity index (χ3n) is 2.73.